The van der Waals surface area contributed by atoms with Crippen LogP contribution in [0.4, 0.5) is 8.78 Å². The van der Waals surface area contributed by atoms with Gasteiger partial charge in [-0.05, 0) is 23.6 Å². The third-order valence-corrected chi connectivity index (χ3v) is 2.84. The zero-order valence-corrected chi connectivity index (χ0v) is 9.37. The molecule has 0 aliphatic rings. The first-order valence-corrected chi connectivity index (χ1v) is 5.31. The van der Waals surface area contributed by atoms with Gasteiger partial charge in [0, 0.05) is 10.3 Å². The Balaban J connectivity index is 2.78. The van der Waals surface area contributed by atoms with Gasteiger partial charge in [0.2, 0.25) is 0 Å². The lowest BCUT2D eigenvalue weighted by molar-refractivity contribution is -0.0492. The van der Waals surface area contributed by atoms with E-state index in [0.29, 0.717) is 0 Å². The van der Waals surface area contributed by atoms with Gasteiger partial charge in [-0.3, -0.25) is 0 Å². The van der Waals surface area contributed by atoms with E-state index in [1.165, 1.54) is 38.2 Å². The van der Waals surface area contributed by atoms with Crippen molar-refractivity contribution in [2.24, 2.45) is 5.41 Å². The first-order valence-electron chi connectivity index (χ1n) is 4.43. The predicted octanol–water partition coefficient (Wildman–Crippen LogP) is 4.44. The second-order valence-corrected chi connectivity index (χ2v) is 5.20. The molecule has 0 amide bonds. The molecule has 1 heterocycles. The lowest BCUT2D eigenvalue weighted by Crippen LogP contribution is -2.31. The first kappa shape index (κ1) is 11.4. The van der Waals surface area contributed by atoms with E-state index in [-0.39, 0.29) is 0 Å². The summed E-state index contributed by atoms with van der Waals surface area (Å²) < 4.78 is 26.9. The summed E-state index contributed by atoms with van der Waals surface area (Å²) in [5.41, 5.74) is -1.03. The molecule has 0 fully saturated rings. The molecule has 78 valence electrons. The standard InChI is InChI=1S/C11H14F2S/c1-10(2,3)11(12,13)7-6-9-5-4-8-14-9/h4-8H,1-3H3/b7-6-. The van der Waals surface area contributed by atoms with E-state index < -0.39 is 11.3 Å². The molecule has 0 N–H and O–H groups in total. The summed E-state index contributed by atoms with van der Waals surface area (Å²) >= 11 is 1.45. The molecule has 0 saturated carbocycles. The molecule has 0 aliphatic heterocycles. The Morgan fingerprint density at radius 1 is 1.29 bits per heavy atom. The summed E-state index contributed by atoms with van der Waals surface area (Å²) in [5, 5.41) is 1.87. The van der Waals surface area contributed by atoms with Crippen molar-refractivity contribution in [1.82, 2.24) is 0 Å². The lowest BCUT2D eigenvalue weighted by Gasteiger charge is -2.27. The zero-order valence-electron chi connectivity index (χ0n) is 8.55. The third kappa shape index (κ3) is 2.64. The van der Waals surface area contributed by atoms with Crippen LogP contribution < -0.4 is 0 Å². The maximum absolute atomic E-state index is 13.4. The normalized spacial score (nSPS) is 13.8. The Kier molecular flexibility index (Phi) is 3.10. The number of alkyl halides is 2. The second kappa shape index (κ2) is 3.81. The highest BCUT2D eigenvalue weighted by molar-refractivity contribution is 7.10. The molecule has 1 rings (SSSR count). The molecular formula is C11H14F2S. The van der Waals surface area contributed by atoms with Crippen LogP contribution in [0, 0.1) is 5.41 Å². The van der Waals surface area contributed by atoms with Gasteiger partial charge < -0.3 is 0 Å². The van der Waals surface area contributed by atoms with Gasteiger partial charge in [-0.15, -0.1) is 11.3 Å². The molecule has 1 aromatic rings. The van der Waals surface area contributed by atoms with Crippen molar-refractivity contribution in [2.75, 3.05) is 0 Å². The minimum absolute atomic E-state index is 0.855. The van der Waals surface area contributed by atoms with E-state index in [4.69, 9.17) is 0 Å². The molecule has 0 radical (unpaired) electrons. The molecule has 0 nitrogen and oxygen atoms in total. The van der Waals surface area contributed by atoms with Crippen molar-refractivity contribution < 1.29 is 8.78 Å². The van der Waals surface area contributed by atoms with Crippen LogP contribution >= 0.6 is 11.3 Å². The van der Waals surface area contributed by atoms with Gasteiger partial charge in [-0.1, -0.05) is 26.8 Å². The quantitative estimate of drug-likeness (QED) is 0.685. The zero-order chi connectivity index (χ0) is 10.8. The van der Waals surface area contributed by atoms with E-state index in [9.17, 15) is 8.78 Å². The third-order valence-electron chi connectivity index (χ3n) is 2.00. The highest BCUT2D eigenvalue weighted by Gasteiger charge is 2.40. The Morgan fingerprint density at radius 3 is 2.36 bits per heavy atom. The Hall–Kier alpha value is -0.700. The highest BCUT2D eigenvalue weighted by atomic mass is 32.1. The summed E-state index contributed by atoms with van der Waals surface area (Å²) in [4.78, 5) is 0.855. The number of halogens is 2. The van der Waals surface area contributed by atoms with Crippen LogP contribution in [0.2, 0.25) is 0 Å². The largest absolute Gasteiger partial charge is 0.271 e. The van der Waals surface area contributed by atoms with Crippen molar-refractivity contribution in [2.45, 2.75) is 26.7 Å². The monoisotopic (exact) mass is 216 g/mol. The van der Waals surface area contributed by atoms with Gasteiger partial charge in [0.15, 0.2) is 0 Å². The van der Waals surface area contributed by atoms with Crippen molar-refractivity contribution in [3.8, 4) is 0 Å². The molecule has 0 bridgehead atoms. The SMILES string of the molecule is CC(C)(C)C(F)(F)/C=C\c1cccs1. The minimum Gasteiger partial charge on any atom is -0.201 e. The molecule has 0 atom stereocenters. The lowest BCUT2D eigenvalue weighted by atomic mass is 9.88. The highest BCUT2D eigenvalue weighted by Crippen LogP contribution is 2.37. The van der Waals surface area contributed by atoms with Crippen LogP contribution in [0.1, 0.15) is 25.6 Å². The molecule has 0 unspecified atom stereocenters. The fourth-order valence-corrected chi connectivity index (χ4v) is 1.44. The fourth-order valence-electron chi connectivity index (χ4n) is 0.823. The summed E-state index contributed by atoms with van der Waals surface area (Å²) in [6.07, 6.45) is 2.47. The van der Waals surface area contributed by atoms with E-state index in [1.807, 2.05) is 17.5 Å². The van der Waals surface area contributed by atoms with Crippen LogP contribution in [-0.2, 0) is 0 Å². The summed E-state index contributed by atoms with van der Waals surface area (Å²) in [6.45, 7) is 4.60. The van der Waals surface area contributed by atoms with Crippen LogP contribution in [0.15, 0.2) is 23.6 Å². The predicted molar refractivity (Wildman–Crippen MR) is 57.8 cm³/mol. The molecule has 0 aromatic carbocycles. The Bertz CT molecular complexity index is 305. The smallest absolute Gasteiger partial charge is 0.201 e. The molecular weight excluding hydrogens is 202 g/mol. The average Bonchev–Trinajstić information content (AvgIpc) is 2.50. The van der Waals surface area contributed by atoms with Gasteiger partial charge in [-0.25, -0.2) is 8.78 Å². The molecule has 1 aromatic heterocycles. The number of hydrogen-bond donors (Lipinski definition) is 0. The molecule has 0 spiro atoms. The Labute approximate surface area is 87.3 Å². The number of hydrogen-bond acceptors (Lipinski definition) is 1. The van der Waals surface area contributed by atoms with Gasteiger partial charge in [0.05, 0.1) is 0 Å². The van der Waals surface area contributed by atoms with E-state index >= 15 is 0 Å². The van der Waals surface area contributed by atoms with Crippen molar-refractivity contribution in [3.63, 3.8) is 0 Å². The summed E-state index contributed by atoms with van der Waals surface area (Å²) in [5.74, 6) is -2.77. The van der Waals surface area contributed by atoms with E-state index in [2.05, 4.69) is 0 Å². The topological polar surface area (TPSA) is 0 Å². The molecule has 14 heavy (non-hydrogen) atoms. The molecule has 0 aliphatic carbocycles. The van der Waals surface area contributed by atoms with Crippen LogP contribution in [0.5, 0.6) is 0 Å². The van der Waals surface area contributed by atoms with Gasteiger partial charge in [0.1, 0.15) is 0 Å². The average molecular weight is 216 g/mol. The Morgan fingerprint density at radius 2 is 1.93 bits per heavy atom. The second-order valence-electron chi connectivity index (χ2n) is 4.22. The maximum atomic E-state index is 13.4. The maximum Gasteiger partial charge on any atom is 0.271 e. The number of thiophene rings is 1. The van der Waals surface area contributed by atoms with Crippen molar-refractivity contribution in [3.05, 3.63) is 28.5 Å². The number of allylic oxidation sites excluding steroid dienone is 1. The van der Waals surface area contributed by atoms with Gasteiger partial charge in [0.25, 0.3) is 5.92 Å². The summed E-state index contributed by atoms with van der Waals surface area (Å²) in [6, 6.07) is 3.67. The van der Waals surface area contributed by atoms with Crippen LogP contribution in [0.3, 0.4) is 0 Å². The summed E-state index contributed by atoms with van der Waals surface area (Å²) in [7, 11) is 0. The van der Waals surface area contributed by atoms with Crippen LogP contribution in [-0.4, -0.2) is 5.92 Å². The van der Waals surface area contributed by atoms with Gasteiger partial charge in [-0.2, -0.15) is 0 Å². The van der Waals surface area contributed by atoms with Crippen LogP contribution in [0.25, 0.3) is 6.08 Å². The van der Waals surface area contributed by atoms with Gasteiger partial charge >= 0.3 is 0 Å². The fraction of sp³-hybridized carbons (Fsp3) is 0.455. The van der Waals surface area contributed by atoms with E-state index in [0.717, 1.165) is 11.0 Å². The molecule has 0 saturated heterocycles. The van der Waals surface area contributed by atoms with E-state index in [1.54, 1.807) is 0 Å². The number of rotatable bonds is 2. The molecule has 3 heteroatoms. The minimum atomic E-state index is -2.77. The van der Waals surface area contributed by atoms with Crippen molar-refractivity contribution >= 4 is 17.4 Å². The first-order chi connectivity index (χ1) is 6.33. The van der Waals surface area contributed by atoms with Crippen molar-refractivity contribution in [1.29, 1.82) is 0 Å².